The molecule has 1 saturated heterocycles. The standard InChI is InChI=1S/C16H18N2S/c1-19-12-2-3-16-13(8-12)14(9-17-16)15-10-18-6-4-11(15)5-7-18/h2-3,8-11,17H,4-7H2,1H3. The number of hydrogen-bond acceptors (Lipinski definition) is 2. The number of benzene rings is 1. The van der Waals surface area contributed by atoms with E-state index in [4.69, 9.17) is 0 Å². The summed E-state index contributed by atoms with van der Waals surface area (Å²) in [4.78, 5) is 7.25. The van der Waals surface area contributed by atoms with Gasteiger partial charge in [0.15, 0.2) is 0 Å². The molecular weight excluding hydrogens is 252 g/mol. The van der Waals surface area contributed by atoms with Gasteiger partial charge in [0.25, 0.3) is 0 Å². The number of piperidine rings is 1. The van der Waals surface area contributed by atoms with Crippen LogP contribution in [0.2, 0.25) is 0 Å². The topological polar surface area (TPSA) is 19.0 Å². The summed E-state index contributed by atoms with van der Waals surface area (Å²) in [7, 11) is 0. The van der Waals surface area contributed by atoms with Crippen LogP contribution in [-0.2, 0) is 0 Å². The Kier molecular flexibility index (Phi) is 2.62. The monoisotopic (exact) mass is 270 g/mol. The lowest BCUT2D eigenvalue weighted by molar-refractivity contribution is 0.252. The third kappa shape index (κ3) is 1.79. The van der Waals surface area contributed by atoms with Crippen molar-refractivity contribution in [3.05, 3.63) is 36.2 Å². The van der Waals surface area contributed by atoms with Gasteiger partial charge in [-0.05, 0) is 48.8 Å². The highest BCUT2D eigenvalue weighted by Crippen LogP contribution is 2.40. The lowest BCUT2D eigenvalue weighted by atomic mass is 9.82. The van der Waals surface area contributed by atoms with Gasteiger partial charge >= 0.3 is 0 Å². The Balaban J connectivity index is 1.87. The minimum atomic E-state index is 0.766. The summed E-state index contributed by atoms with van der Waals surface area (Å²) in [5, 5.41) is 1.38. The summed E-state index contributed by atoms with van der Waals surface area (Å²) >= 11 is 1.81. The molecule has 2 aromatic rings. The summed E-state index contributed by atoms with van der Waals surface area (Å²) in [5.74, 6) is 0.766. The van der Waals surface area contributed by atoms with Gasteiger partial charge < -0.3 is 9.88 Å². The first-order chi connectivity index (χ1) is 9.35. The number of nitrogens with one attached hydrogen (secondary N) is 1. The predicted octanol–water partition coefficient (Wildman–Crippen LogP) is 3.96. The van der Waals surface area contributed by atoms with Crippen LogP contribution in [0.5, 0.6) is 0 Å². The van der Waals surface area contributed by atoms with Crippen LogP contribution in [0.4, 0.5) is 0 Å². The SMILES string of the molecule is CSc1ccc2[nH]cc(C3=CN4CCC3CC4)c2c1. The van der Waals surface area contributed by atoms with E-state index in [0.717, 1.165) is 5.92 Å². The normalized spacial score (nSPS) is 19.2. The van der Waals surface area contributed by atoms with Gasteiger partial charge in [-0.1, -0.05) is 0 Å². The number of aromatic nitrogens is 1. The second-order valence-corrected chi connectivity index (χ2v) is 6.39. The van der Waals surface area contributed by atoms with Gasteiger partial charge in [0.1, 0.15) is 0 Å². The zero-order valence-electron chi connectivity index (χ0n) is 11.1. The minimum absolute atomic E-state index is 0.766. The van der Waals surface area contributed by atoms with Gasteiger partial charge in [-0.3, -0.25) is 0 Å². The van der Waals surface area contributed by atoms with Gasteiger partial charge in [0.05, 0.1) is 0 Å². The van der Waals surface area contributed by atoms with Crippen molar-refractivity contribution < 1.29 is 0 Å². The van der Waals surface area contributed by atoms with E-state index in [1.807, 2.05) is 11.8 Å². The summed E-state index contributed by atoms with van der Waals surface area (Å²) in [6.45, 7) is 2.49. The Morgan fingerprint density at radius 3 is 2.79 bits per heavy atom. The van der Waals surface area contributed by atoms with Gasteiger partial charge in [0.2, 0.25) is 0 Å². The van der Waals surface area contributed by atoms with Gasteiger partial charge in [0, 0.05) is 46.8 Å². The molecule has 5 rings (SSSR count). The predicted molar refractivity (Wildman–Crippen MR) is 82.4 cm³/mol. The first-order valence-corrected chi connectivity index (χ1v) is 8.19. The van der Waals surface area contributed by atoms with E-state index in [0.29, 0.717) is 0 Å². The fourth-order valence-corrected chi connectivity index (χ4v) is 3.84. The molecule has 1 N–H and O–H groups in total. The van der Waals surface area contributed by atoms with Crippen LogP contribution in [0.15, 0.2) is 35.5 Å². The zero-order valence-corrected chi connectivity index (χ0v) is 12.0. The largest absolute Gasteiger partial charge is 0.377 e. The molecule has 0 amide bonds. The fraction of sp³-hybridized carbons (Fsp3) is 0.375. The smallest absolute Gasteiger partial charge is 0.0461 e. The quantitative estimate of drug-likeness (QED) is 0.833. The molecule has 2 nitrogen and oxygen atoms in total. The molecular formula is C16H18N2S. The number of fused-ring (bicyclic) bond motifs is 3. The maximum atomic E-state index is 3.43. The first-order valence-electron chi connectivity index (χ1n) is 6.96. The van der Waals surface area contributed by atoms with Crippen LogP contribution >= 0.6 is 11.8 Å². The van der Waals surface area contributed by atoms with Crippen molar-refractivity contribution >= 4 is 28.2 Å². The minimum Gasteiger partial charge on any atom is -0.377 e. The molecule has 0 unspecified atom stereocenters. The van der Waals surface area contributed by atoms with Gasteiger partial charge in [-0.25, -0.2) is 0 Å². The van der Waals surface area contributed by atoms with Crippen molar-refractivity contribution in [2.75, 3.05) is 19.3 Å². The average Bonchev–Trinajstić information content (AvgIpc) is 2.91. The van der Waals surface area contributed by atoms with Crippen LogP contribution in [0.1, 0.15) is 18.4 Å². The fourth-order valence-electron chi connectivity index (χ4n) is 3.40. The van der Waals surface area contributed by atoms with Crippen molar-refractivity contribution in [3.8, 4) is 0 Å². The third-order valence-electron chi connectivity index (χ3n) is 4.49. The van der Waals surface area contributed by atoms with Crippen LogP contribution in [0.3, 0.4) is 0 Å². The molecule has 2 bridgehead atoms. The molecule has 3 aliphatic heterocycles. The number of hydrogen-bond donors (Lipinski definition) is 1. The maximum Gasteiger partial charge on any atom is 0.0461 e. The molecule has 0 atom stereocenters. The van der Waals surface area contributed by atoms with Gasteiger partial charge in [-0.2, -0.15) is 0 Å². The molecule has 19 heavy (non-hydrogen) atoms. The molecule has 0 aliphatic carbocycles. The first kappa shape index (κ1) is 11.5. The lowest BCUT2D eigenvalue weighted by Crippen LogP contribution is -2.35. The van der Waals surface area contributed by atoms with E-state index in [1.54, 1.807) is 5.57 Å². The number of H-pyrrole nitrogens is 1. The Labute approximate surface area is 117 Å². The summed E-state index contributed by atoms with van der Waals surface area (Å²) in [6.07, 6.45) is 9.37. The van der Waals surface area contributed by atoms with Crippen molar-refractivity contribution in [1.82, 2.24) is 9.88 Å². The van der Waals surface area contributed by atoms with E-state index in [1.165, 1.54) is 47.3 Å². The third-order valence-corrected chi connectivity index (χ3v) is 5.22. The molecule has 1 fully saturated rings. The highest BCUT2D eigenvalue weighted by Gasteiger charge is 2.28. The molecule has 4 heterocycles. The molecule has 3 heteroatoms. The Morgan fingerprint density at radius 1 is 1.26 bits per heavy atom. The zero-order chi connectivity index (χ0) is 12.8. The number of aromatic amines is 1. The van der Waals surface area contributed by atoms with Crippen LogP contribution in [-0.4, -0.2) is 29.2 Å². The Bertz CT molecular complexity index is 648. The van der Waals surface area contributed by atoms with Crippen molar-refractivity contribution in [2.24, 2.45) is 5.92 Å². The summed E-state index contributed by atoms with van der Waals surface area (Å²) in [5.41, 5.74) is 4.22. The maximum absolute atomic E-state index is 3.43. The van der Waals surface area contributed by atoms with E-state index in [2.05, 4.69) is 46.7 Å². The van der Waals surface area contributed by atoms with E-state index in [9.17, 15) is 0 Å². The molecule has 3 aliphatic rings. The highest BCUT2D eigenvalue weighted by atomic mass is 32.2. The molecule has 0 radical (unpaired) electrons. The van der Waals surface area contributed by atoms with Crippen molar-refractivity contribution in [1.29, 1.82) is 0 Å². The Hall–Kier alpha value is -1.35. The summed E-state index contributed by atoms with van der Waals surface area (Å²) < 4.78 is 0. The lowest BCUT2D eigenvalue weighted by Gasteiger charge is -2.39. The number of rotatable bonds is 2. The van der Waals surface area contributed by atoms with Crippen LogP contribution < -0.4 is 0 Å². The number of allylic oxidation sites excluding steroid dienone is 1. The van der Waals surface area contributed by atoms with E-state index >= 15 is 0 Å². The molecule has 98 valence electrons. The van der Waals surface area contributed by atoms with Crippen LogP contribution in [0, 0.1) is 5.92 Å². The second kappa shape index (κ2) is 4.34. The summed E-state index contributed by atoms with van der Waals surface area (Å²) in [6, 6.07) is 6.72. The Morgan fingerprint density at radius 2 is 2.11 bits per heavy atom. The van der Waals surface area contributed by atoms with E-state index in [-0.39, 0.29) is 0 Å². The van der Waals surface area contributed by atoms with E-state index < -0.39 is 0 Å². The van der Waals surface area contributed by atoms with Crippen molar-refractivity contribution in [2.45, 2.75) is 17.7 Å². The highest BCUT2D eigenvalue weighted by molar-refractivity contribution is 7.98. The van der Waals surface area contributed by atoms with Gasteiger partial charge in [-0.15, -0.1) is 11.8 Å². The number of thioether (sulfide) groups is 1. The molecule has 0 spiro atoms. The molecule has 0 saturated carbocycles. The molecule has 1 aromatic carbocycles. The average molecular weight is 270 g/mol. The van der Waals surface area contributed by atoms with Crippen LogP contribution in [0.25, 0.3) is 16.5 Å². The molecule has 1 aromatic heterocycles. The second-order valence-electron chi connectivity index (χ2n) is 5.51. The van der Waals surface area contributed by atoms with Crippen molar-refractivity contribution in [3.63, 3.8) is 0 Å². The number of nitrogens with zero attached hydrogens (tertiary/aromatic N) is 1.